The zero-order valence-corrected chi connectivity index (χ0v) is 23.5. The van der Waals surface area contributed by atoms with Gasteiger partial charge in [0, 0.05) is 39.9 Å². The Morgan fingerprint density at radius 3 is 2.47 bits per heavy atom. The Balaban J connectivity index is 1.77. The number of phenols is 3. The van der Waals surface area contributed by atoms with Crippen LogP contribution in [0.2, 0.25) is 0 Å². The summed E-state index contributed by atoms with van der Waals surface area (Å²) in [6.45, 7) is 6.52. The summed E-state index contributed by atoms with van der Waals surface area (Å²) in [5.74, 6) is -0.728. The van der Waals surface area contributed by atoms with Crippen LogP contribution in [0.5, 0.6) is 17.2 Å². The Kier molecular flexibility index (Phi) is 9.68. The summed E-state index contributed by atoms with van der Waals surface area (Å²) >= 11 is 0. The minimum absolute atomic E-state index is 0.0665. The highest BCUT2D eigenvalue weighted by atomic mass is 16.5. The molecule has 0 aliphatic carbocycles. The maximum Gasteiger partial charge on any atom is 0.260 e. The number of methoxy groups -OCH3 is 2. The molecular formula is C30H42N2O6. The molecule has 8 nitrogen and oxygen atoms in total. The van der Waals surface area contributed by atoms with Crippen molar-refractivity contribution in [2.24, 2.45) is 0 Å². The number of hydrogen-bond donors (Lipinski definition) is 3. The molecule has 0 fully saturated rings. The van der Waals surface area contributed by atoms with Gasteiger partial charge in [0.25, 0.3) is 5.91 Å². The van der Waals surface area contributed by atoms with E-state index in [1.165, 1.54) is 23.1 Å². The molecule has 2 atom stereocenters. The number of anilines is 3. The normalized spacial score (nSPS) is 16.1. The van der Waals surface area contributed by atoms with Crippen LogP contribution < -0.4 is 9.80 Å². The van der Waals surface area contributed by atoms with Crippen LogP contribution in [0, 0.1) is 0 Å². The van der Waals surface area contributed by atoms with Gasteiger partial charge in [0.1, 0.15) is 22.9 Å². The van der Waals surface area contributed by atoms with Gasteiger partial charge in [-0.3, -0.25) is 4.79 Å². The topological polar surface area (TPSA) is 103 Å². The summed E-state index contributed by atoms with van der Waals surface area (Å²) in [4.78, 5) is 16.8. The van der Waals surface area contributed by atoms with Crippen LogP contribution >= 0.6 is 0 Å². The van der Waals surface area contributed by atoms with Gasteiger partial charge in [-0.1, -0.05) is 17.7 Å². The van der Waals surface area contributed by atoms with Crippen molar-refractivity contribution in [2.45, 2.75) is 71.0 Å². The maximum atomic E-state index is 13.7. The van der Waals surface area contributed by atoms with Gasteiger partial charge in [0.2, 0.25) is 0 Å². The van der Waals surface area contributed by atoms with E-state index in [0.717, 1.165) is 44.1 Å². The van der Waals surface area contributed by atoms with E-state index >= 15 is 0 Å². The van der Waals surface area contributed by atoms with Crippen LogP contribution in [0.3, 0.4) is 0 Å². The molecule has 208 valence electrons. The van der Waals surface area contributed by atoms with E-state index in [-0.39, 0.29) is 41.4 Å². The molecule has 0 spiro atoms. The lowest BCUT2D eigenvalue weighted by Crippen LogP contribution is -2.30. The highest BCUT2D eigenvalue weighted by molar-refractivity contribution is 6.15. The van der Waals surface area contributed by atoms with Crippen molar-refractivity contribution in [1.82, 2.24) is 0 Å². The second-order valence-corrected chi connectivity index (χ2v) is 10.5. The highest BCUT2D eigenvalue weighted by Crippen LogP contribution is 2.49. The van der Waals surface area contributed by atoms with Crippen LogP contribution in [-0.2, 0) is 9.47 Å². The SMILES string of the molecule is COC(C)CCCC(C)(CCCC(C)=CCN1C(=O)c2cccc(O)c2N(C)c2c(O)cc(O)cc21)OC. The highest BCUT2D eigenvalue weighted by Gasteiger charge is 2.33. The second kappa shape index (κ2) is 12.5. The number of phenolic OH excluding ortho intramolecular Hbond substituents is 3. The average Bonchev–Trinajstić information content (AvgIpc) is 2.96. The largest absolute Gasteiger partial charge is 0.508 e. The number of benzene rings is 2. The maximum absolute atomic E-state index is 13.7. The molecule has 3 N–H and O–H groups in total. The molecule has 38 heavy (non-hydrogen) atoms. The average molecular weight is 527 g/mol. The van der Waals surface area contributed by atoms with Crippen molar-refractivity contribution in [3.63, 3.8) is 0 Å². The van der Waals surface area contributed by atoms with E-state index in [0.29, 0.717) is 22.6 Å². The lowest BCUT2D eigenvalue weighted by molar-refractivity contribution is -0.0143. The Bertz CT molecular complexity index is 1160. The van der Waals surface area contributed by atoms with E-state index in [1.807, 2.05) is 13.0 Å². The van der Waals surface area contributed by atoms with Crippen LogP contribution in [0.15, 0.2) is 42.0 Å². The molecule has 2 aromatic rings. The van der Waals surface area contributed by atoms with Crippen LogP contribution in [0.25, 0.3) is 0 Å². The van der Waals surface area contributed by atoms with Gasteiger partial charge >= 0.3 is 0 Å². The number of aromatic hydroxyl groups is 3. The van der Waals surface area contributed by atoms with E-state index in [9.17, 15) is 20.1 Å². The van der Waals surface area contributed by atoms with Crippen LogP contribution in [-0.4, -0.2) is 60.7 Å². The van der Waals surface area contributed by atoms with Gasteiger partial charge in [-0.15, -0.1) is 0 Å². The first-order valence-corrected chi connectivity index (χ1v) is 13.2. The number of allylic oxidation sites excluding steroid dienone is 1. The first-order chi connectivity index (χ1) is 18.0. The minimum Gasteiger partial charge on any atom is -0.508 e. The Morgan fingerprint density at radius 1 is 1.08 bits per heavy atom. The zero-order chi connectivity index (χ0) is 28.0. The molecule has 0 aromatic heterocycles. The Labute approximate surface area is 226 Å². The summed E-state index contributed by atoms with van der Waals surface area (Å²) in [6, 6.07) is 7.47. The number of amides is 1. The molecule has 1 amide bonds. The number of ether oxygens (including phenoxy) is 2. The van der Waals surface area contributed by atoms with Gasteiger partial charge in [0.15, 0.2) is 0 Å². The van der Waals surface area contributed by atoms with E-state index in [1.54, 1.807) is 38.3 Å². The number of fused-ring (bicyclic) bond motifs is 2. The molecule has 1 aliphatic heterocycles. The van der Waals surface area contributed by atoms with Crippen LogP contribution in [0.1, 0.15) is 69.7 Å². The smallest absolute Gasteiger partial charge is 0.260 e. The third kappa shape index (κ3) is 6.60. The van der Waals surface area contributed by atoms with E-state index < -0.39 is 0 Å². The first-order valence-electron chi connectivity index (χ1n) is 13.2. The Hall–Kier alpha value is -3.23. The van der Waals surface area contributed by atoms with Gasteiger partial charge in [0.05, 0.1) is 28.6 Å². The van der Waals surface area contributed by atoms with Gasteiger partial charge < -0.3 is 34.6 Å². The summed E-state index contributed by atoms with van der Waals surface area (Å²) < 4.78 is 11.2. The fourth-order valence-electron chi connectivity index (χ4n) is 5.04. The number of carbonyl (C=O) groups excluding carboxylic acids is 1. The molecule has 0 saturated carbocycles. The van der Waals surface area contributed by atoms with E-state index in [2.05, 4.69) is 13.8 Å². The molecule has 2 aromatic carbocycles. The van der Waals surface area contributed by atoms with Crippen molar-refractivity contribution < 1.29 is 29.6 Å². The van der Waals surface area contributed by atoms with Gasteiger partial charge in [-0.05, 0) is 71.4 Å². The van der Waals surface area contributed by atoms with Gasteiger partial charge in [-0.25, -0.2) is 0 Å². The van der Waals surface area contributed by atoms with Crippen molar-refractivity contribution in [2.75, 3.05) is 37.6 Å². The molecule has 0 saturated heterocycles. The molecule has 3 rings (SSSR count). The number of hydrogen-bond acceptors (Lipinski definition) is 7. The summed E-state index contributed by atoms with van der Waals surface area (Å²) in [6.07, 6.45) is 7.96. The number of carbonyl (C=O) groups is 1. The summed E-state index contributed by atoms with van der Waals surface area (Å²) in [5.41, 5.74) is 2.25. The molecule has 8 heteroatoms. The lowest BCUT2D eigenvalue weighted by Gasteiger charge is -2.29. The molecule has 2 unspecified atom stereocenters. The molecule has 0 radical (unpaired) electrons. The Morgan fingerprint density at radius 2 is 1.79 bits per heavy atom. The van der Waals surface area contributed by atoms with Crippen molar-refractivity contribution >= 4 is 23.0 Å². The van der Waals surface area contributed by atoms with E-state index in [4.69, 9.17) is 9.47 Å². The second-order valence-electron chi connectivity index (χ2n) is 10.5. The van der Waals surface area contributed by atoms with Crippen molar-refractivity contribution in [3.8, 4) is 17.2 Å². The number of nitrogens with zero attached hydrogens (tertiary/aromatic N) is 2. The quantitative estimate of drug-likeness (QED) is 0.281. The van der Waals surface area contributed by atoms with Crippen molar-refractivity contribution in [3.05, 3.63) is 47.5 Å². The standard InChI is InChI=1S/C30H42N2O6/c1-20(10-8-15-30(3,38-6)16-9-11-21(2)37-5)14-17-32-24-18-22(33)19-26(35)28(24)31(4)27-23(29(32)36)12-7-13-25(27)34/h7,12-14,18-19,21,33-35H,8-11,15-17H2,1-6H3. The third-order valence-corrected chi connectivity index (χ3v) is 7.62. The molecule has 0 bridgehead atoms. The fraction of sp³-hybridized carbons (Fsp3) is 0.500. The minimum atomic E-state index is -0.326. The summed E-state index contributed by atoms with van der Waals surface area (Å²) in [5, 5.41) is 31.5. The molecule has 1 heterocycles. The molecule has 1 aliphatic rings. The first kappa shape index (κ1) is 29.3. The summed E-state index contributed by atoms with van der Waals surface area (Å²) in [7, 11) is 5.18. The van der Waals surface area contributed by atoms with Gasteiger partial charge in [-0.2, -0.15) is 0 Å². The van der Waals surface area contributed by atoms with Crippen LogP contribution in [0.4, 0.5) is 17.1 Å². The zero-order valence-electron chi connectivity index (χ0n) is 23.5. The lowest BCUT2D eigenvalue weighted by atomic mass is 9.91. The third-order valence-electron chi connectivity index (χ3n) is 7.62. The predicted octanol–water partition coefficient (Wildman–Crippen LogP) is 6.26. The molecular weight excluding hydrogens is 484 g/mol. The number of para-hydroxylation sites is 1. The van der Waals surface area contributed by atoms with Crippen molar-refractivity contribution in [1.29, 1.82) is 0 Å². The number of rotatable bonds is 12. The monoisotopic (exact) mass is 526 g/mol. The predicted molar refractivity (Wildman–Crippen MR) is 151 cm³/mol. The fourth-order valence-corrected chi connectivity index (χ4v) is 5.04.